The zero-order valence-electron chi connectivity index (χ0n) is 13.3. The molecule has 0 aliphatic carbocycles. The van der Waals surface area contributed by atoms with Crippen LogP contribution in [0.4, 0.5) is 0 Å². The van der Waals surface area contributed by atoms with E-state index in [-0.39, 0.29) is 5.56 Å². The lowest BCUT2D eigenvalue weighted by Gasteiger charge is -2.16. The fraction of sp³-hybridized carbons (Fsp3) is 0.312. The van der Waals surface area contributed by atoms with Crippen molar-refractivity contribution in [3.8, 4) is 5.75 Å². The molecular weight excluding hydrogens is 312 g/mol. The summed E-state index contributed by atoms with van der Waals surface area (Å²) in [6.45, 7) is 3.25. The maximum Gasteiger partial charge on any atom is 0.275 e. The zero-order chi connectivity index (χ0) is 16.4. The van der Waals surface area contributed by atoms with Crippen LogP contribution in [0.5, 0.6) is 5.75 Å². The van der Waals surface area contributed by atoms with E-state index in [1.807, 2.05) is 38.2 Å². The Hall–Kier alpha value is -2.25. The van der Waals surface area contributed by atoms with Crippen molar-refractivity contribution in [2.45, 2.75) is 20.0 Å². The average molecular weight is 330 g/mol. The number of methoxy groups -OCH3 is 1. The number of aryl methyl sites for hydroxylation is 1. The van der Waals surface area contributed by atoms with Crippen LogP contribution in [0.15, 0.2) is 35.1 Å². The van der Waals surface area contributed by atoms with Crippen molar-refractivity contribution in [3.63, 3.8) is 0 Å². The van der Waals surface area contributed by atoms with E-state index < -0.39 is 0 Å². The lowest BCUT2D eigenvalue weighted by molar-refractivity contribution is 0.315. The Balaban J connectivity index is 1.74. The van der Waals surface area contributed by atoms with Gasteiger partial charge in [0.25, 0.3) is 5.56 Å². The molecule has 23 heavy (non-hydrogen) atoms. The average Bonchev–Trinajstić information content (AvgIpc) is 2.89. The quantitative estimate of drug-likeness (QED) is 0.717. The second kappa shape index (κ2) is 6.47. The smallest absolute Gasteiger partial charge is 0.275 e. The molecule has 0 saturated heterocycles. The summed E-state index contributed by atoms with van der Waals surface area (Å²) in [5.41, 5.74) is 1.81. The first kappa shape index (κ1) is 15.6. The molecule has 0 aliphatic heterocycles. The number of hydrogen-bond donors (Lipinski definition) is 0. The van der Waals surface area contributed by atoms with Crippen LogP contribution in [0.1, 0.15) is 16.3 Å². The molecule has 0 aliphatic rings. The van der Waals surface area contributed by atoms with Gasteiger partial charge >= 0.3 is 0 Å². The Morgan fingerprint density at radius 3 is 2.70 bits per heavy atom. The molecule has 0 amide bonds. The van der Waals surface area contributed by atoms with Crippen LogP contribution >= 0.6 is 11.3 Å². The molecule has 2 heterocycles. The van der Waals surface area contributed by atoms with E-state index in [9.17, 15) is 4.79 Å². The van der Waals surface area contributed by atoms with Gasteiger partial charge < -0.3 is 4.74 Å². The highest BCUT2D eigenvalue weighted by molar-refractivity contribution is 7.16. The van der Waals surface area contributed by atoms with E-state index in [1.165, 1.54) is 21.4 Å². The third-order valence-corrected chi connectivity index (χ3v) is 4.27. The minimum atomic E-state index is -0.132. The number of aromatic nitrogens is 3. The zero-order valence-corrected chi connectivity index (χ0v) is 14.1. The molecule has 0 N–H and O–H groups in total. The van der Waals surface area contributed by atoms with Crippen molar-refractivity contribution in [2.24, 2.45) is 0 Å². The molecule has 0 atom stereocenters. The van der Waals surface area contributed by atoms with Gasteiger partial charge in [0.2, 0.25) is 4.96 Å². The fourth-order valence-corrected chi connectivity index (χ4v) is 3.17. The van der Waals surface area contributed by atoms with E-state index >= 15 is 0 Å². The first-order valence-corrected chi connectivity index (χ1v) is 8.04. The second-order valence-electron chi connectivity index (χ2n) is 5.42. The van der Waals surface area contributed by atoms with Crippen LogP contribution < -0.4 is 10.3 Å². The number of fused-ring (bicyclic) bond motifs is 1. The van der Waals surface area contributed by atoms with Crippen LogP contribution in [0.2, 0.25) is 0 Å². The summed E-state index contributed by atoms with van der Waals surface area (Å²) in [4.78, 5) is 19.3. The summed E-state index contributed by atoms with van der Waals surface area (Å²) < 4.78 is 6.51. The normalized spacial score (nSPS) is 11.3. The summed E-state index contributed by atoms with van der Waals surface area (Å²) in [5, 5.41) is 4.98. The van der Waals surface area contributed by atoms with E-state index in [2.05, 4.69) is 15.0 Å². The Morgan fingerprint density at radius 2 is 2.00 bits per heavy atom. The summed E-state index contributed by atoms with van der Waals surface area (Å²) >= 11 is 1.42. The summed E-state index contributed by atoms with van der Waals surface area (Å²) in [6, 6.07) is 9.51. The first-order valence-electron chi connectivity index (χ1n) is 7.23. The number of rotatable bonds is 5. The molecule has 7 heteroatoms. The molecule has 1 aromatic carbocycles. The predicted octanol–water partition coefficient (Wildman–Crippen LogP) is 2.10. The Kier molecular flexibility index (Phi) is 4.40. The van der Waals surface area contributed by atoms with Gasteiger partial charge in [0.15, 0.2) is 0 Å². The Morgan fingerprint density at radius 1 is 1.26 bits per heavy atom. The Labute approximate surface area is 138 Å². The molecule has 0 radical (unpaired) electrons. The highest BCUT2D eigenvalue weighted by Gasteiger charge is 2.09. The minimum absolute atomic E-state index is 0.132. The molecule has 6 nitrogen and oxygen atoms in total. The van der Waals surface area contributed by atoms with Gasteiger partial charge in [-0.2, -0.15) is 9.61 Å². The standard InChI is InChI=1S/C16H18N4O2S/c1-11-18-20-15(21)8-13(17-16(20)23-11)10-19(2)9-12-4-6-14(22-3)7-5-12/h4-8H,9-10H2,1-3H3. The van der Waals surface area contributed by atoms with E-state index in [0.29, 0.717) is 11.5 Å². The molecular formula is C16H18N4O2S. The largest absolute Gasteiger partial charge is 0.497 e. The monoisotopic (exact) mass is 330 g/mol. The minimum Gasteiger partial charge on any atom is -0.497 e. The van der Waals surface area contributed by atoms with Crippen LogP contribution in [0.3, 0.4) is 0 Å². The summed E-state index contributed by atoms with van der Waals surface area (Å²) in [6.07, 6.45) is 0. The topological polar surface area (TPSA) is 59.7 Å². The van der Waals surface area contributed by atoms with Gasteiger partial charge in [-0.3, -0.25) is 9.69 Å². The van der Waals surface area contributed by atoms with Crippen molar-refractivity contribution in [1.82, 2.24) is 19.5 Å². The molecule has 0 saturated carbocycles. The van der Waals surface area contributed by atoms with Crippen molar-refractivity contribution < 1.29 is 4.74 Å². The molecule has 3 aromatic rings. The molecule has 0 unspecified atom stereocenters. The molecule has 0 fully saturated rings. The van der Waals surface area contributed by atoms with Gasteiger partial charge in [0.1, 0.15) is 10.8 Å². The van der Waals surface area contributed by atoms with Gasteiger partial charge in [0, 0.05) is 19.2 Å². The summed E-state index contributed by atoms with van der Waals surface area (Å²) in [7, 11) is 3.66. The number of benzene rings is 1. The number of hydrogen-bond acceptors (Lipinski definition) is 6. The van der Waals surface area contributed by atoms with Gasteiger partial charge in [-0.1, -0.05) is 23.5 Å². The predicted molar refractivity (Wildman–Crippen MR) is 90.0 cm³/mol. The van der Waals surface area contributed by atoms with Crippen molar-refractivity contribution in [1.29, 1.82) is 0 Å². The summed E-state index contributed by atoms with van der Waals surface area (Å²) in [5.74, 6) is 0.845. The van der Waals surface area contributed by atoms with E-state index in [0.717, 1.165) is 23.0 Å². The van der Waals surface area contributed by atoms with E-state index in [1.54, 1.807) is 13.2 Å². The lowest BCUT2D eigenvalue weighted by atomic mass is 10.2. The SMILES string of the molecule is COc1ccc(CN(C)Cc2cc(=O)n3nc(C)sc3n2)cc1. The number of ether oxygens (including phenoxy) is 1. The van der Waals surface area contributed by atoms with Crippen molar-refractivity contribution >= 4 is 16.3 Å². The molecule has 0 spiro atoms. The third kappa shape index (κ3) is 3.57. The molecule has 2 aromatic heterocycles. The Bertz CT molecular complexity index is 870. The van der Waals surface area contributed by atoms with Crippen molar-refractivity contribution in [2.75, 3.05) is 14.2 Å². The van der Waals surface area contributed by atoms with Crippen molar-refractivity contribution in [3.05, 3.63) is 57.0 Å². The van der Waals surface area contributed by atoms with Crippen LogP contribution in [-0.4, -0.2) is 33.7 Å². The second-order valence-corrected chi connectivity index (χ2v) is 6.58. The van der Waals surface area contributed by atoms with Gasteiger partial charge in [-0.15, -0.1) is 0 Å². The third-order valence-electron chi connectivity index (χ3n) is 3.44. The van der Waals surface area contributed by atoms with Gasteiger partial charge in [-0.25, -0.2) is 4.98 Å². The highest BCUT2D eigenvalue weighted by atomic mass is 32.1. The van der Waals surface area contributed by atoms with Crippen LogP contribution in [-0.2, 0) is 13.1 Å². The highest BCUT2D eigenvalue weighted by Crippen LogP contribution is 2.14. The molecule has 120 valence electrons. The maximum absolute atomic E-state index is 12.1. The fourth-order valence-electron chi connectivity index (χ4n) is 2.41. The molecule has 3 rings (SSSR count). The number of nitrogens with zero attached hydrogens (tertiary/aromatic N) is 4. The van der Waals surface area contributed by atoms with E-state index in [4.69, 9.17) is 4.74 Å². The van der Waals surface area contributed by atoms with Gasteiger partial charge in [0.05, 0.1) is 12.8 Å². The van der Waals surface area contributed by atoms with Crippen LogP contribution in [0.25, 0.3) is 4.96 Å². The maximum atomic E-state index is 12.1. The molecule has 0 bridgehead atoms. The van der Waals surface area contributed by atoms with Gasteiger partial charge in [-0.05, 0) is 31.7 Å². The van der Waals surface area contributed by atoms with Crippen LogP contribution in [0, 0.1) is 6.92 Å². The first-order chi connectivity index (χ1) is 11.0. The lowest BCUT2D eigenvalue weighted by Crippen LogP contribution is -2.21.